The minimum atomic E-state index is -0.151. The van der Waals surface area contributed by atoms with Gasteiger partial charge in [-0.1, -0.05) is 56.1 Å². The molecule has 0 N–H and O–H groups in total. The summed E-state index contributed by atoms with van der Waals surface area (Å²) in [5.41, 5.74) is 3.05. The lowest BCUT2D eigenvalue weighted by Gasteiger charge is -2.11. The Morgan fingerprint density at radius 3 is 2.39 bits per heavy atom. The maximum atomic E-state index is 13.2. The van der Waals surface area contributed by atoms with Crippen LogP contribution in [-0.2, 0) is 6.42 Å². The lowest BCUT2D eigenvalue weighted by molar-refractivity contribution is 0.617. The van der Waals surface area contributed by atoms with Gasteiger partial charge in [-0.05, 0) is 48.2 Å². The molecule has 18 heavy (non-hydrogen) atoms. The first-order valence-electron chi connectivity index (χ1n) is 5.71. The highest BCUT2D eigenvalue weighted by molar-refractivity contribution is 9.10. The van der Waals surface area contributed by atoms with Crippen LogP contribution in [0.4, 0.5) is 4.39 Å². The van der Waals surface area contributed by atoms with Crippen LogP contribution in [0.3, 0.4) is 0 Å². The zero-order chi connectivity index (χ0) is 13.1. The molecule has 0 saturated heterocycles. The molecule has 0 aliphatic heterocycles. The third-order valence-electron chi connectivity index (χ3n) is 2.87. The molecule has 0 spiro atoms. The highest BCUT2D eigenvalue weighted by atomic mass is 79.9. The normalized spacial score (nSPS) is 12.4. The first kappa shape index (κ1) is 13.8. The molecule has 0 saturated carbocycles. The summed E-state index contributed by atoms with van der Waals surface area (Å²) in [6, 6.07) is 13.5. The fraction of sp³-hybridized carbons (Fsp3) is 0.200. The Hall–Kier alpha value is -0.670. The minimum Gasteiger partial charge on any atom is -0.207 e. The van der Waals surface area contributed by atoms with Gasteiger partial charge in [-0.25, -0.2) is 4.39 Å². The van der Waals surface area contributed by atoms with Crippen LogP contribution < -0.4 is 0 Å². The second kappa shape index (κ2) is 5.98. The van der Waals surface area contributed by atoms with Crippen molar-refractivity contribution in [2.45, 2.75) is 18.2 Å². The van der Waals surface area contributed by atoms with Crippen LogP contribution in [0.2, 0.25) is 0 Å². The second-order valence-corrected chi connectivity index (χ2v) is 6.33. The number of rotatable bonds is 3. The van der Waals surface area contributed by atoms with E-state index in [4.69, 9.17) is 0 Å². The molecule has 3 heteroatoms. The molecule has 2 aromatic rings. The summed E-state index contributed by atoms with van der Waals surface area (Å²) < 4.78 is 14.3. The molecule has 0 aliphatic carbocycles. The van der Waals surface area contributed by atoms with E-state index < -0.39 is 0 Å². The largest absolute Gasteiger partial charge is 0.207 e. The summed E-state index contributed by atoms with van der Waals surface area (Å²) in [7, 11) is 0. The van der Waals surface area contributed by atoms with Gasteiger partial charge in [0, 0.05) is 9.30 Å². The molecule has 2 rings (SSSR count). The standard InChI is InChI=1S/C15H13Br2F/c1-10-8-12(4-7-15(10)18)14(17)9-11-2-5-13(16)6-3-11/h2-8,14H,9H2,1H3. The number of aryl methyl sites for hydroxylation is 1. The van der Waals surface area contributed by atoms with Gasteiger partial charge < -0.3 is 0 Å². The van der Waals surface area contributed by atoms with E-state index in [-0.39, 0.29) is 10.6 Å². The highest BCUT2D eigenvalue weighted by Gasteiger charge is 2.10. The third kappa shape index (κ3) is 3.42. The maximum absolute atomic E-state index is 13.2. The second-order valence-electron chi connectivity index (χ2n) is 4.31. The summed E-state index contributed by atoms with van der Waals surface area (Å²) in [6.07, 6.45) is 0.887. The Morgan fingerprint density at radius 2 is 1.78 bits per heavy atom. The Bertz CT molecular complexity index is 535. The zero-order valence-electron chi connectivity index (χ0n) is 9.96. The van der Waals surface area contributed by atoms with Gasteiger partial charge in [-0.15, -0.1) is 0 Å². The molecule has 0 nitrogen and oxygen atoms in total. The van der Waals surface area contributed by atoms with E-state index in [1.165, 1.54) is 11.6 Å². The molecule has 94 valence electrons. The predicted molar refractivity (Wildman–Crippen MR) is 80.7 cm³/mol. The van der Waals surface area contributed by atoms with Crippen LogP contribution in [0.5, 0.6) is 0 Å². The van der Waals surface area contributed by atoms with Crippen molar-refractivity contribution in [3.63, 3.8) is 0 Å². The van der Waals surface area contributed by atoms with Crippen molar-refractivity contribution in [3.05, 3.63) is 69.4 Å². The summed E-state index contributed by atoms with van der Waals surface area (Å²) in [5, 5.41) is 0. The number of halogens is 3. The summed E-state index contributed by atoms with van der Waals surface area (Å²) in [5.74, 6) is -0.151. The smallest absolute Gasteiger partial charge is 0.126 e. The molecular weight excluding hydrogens is 359 g/mol. The topological polar surface area (TPSA) is 0 Å². The Kier molecular flexibility index (Phi) is 4.57. The van der Waals surface area contributed by atoms with Crippen LogP contribution >= 0.6 is 31.9 Å². The van der Waals surface area contributed by atoms with Gasteiger partial charge in [0.05, 0.1) is 0 Å². The minimum absolute atomic E-state index is 0.151. The van der Waals surface area contributed by atoms with E-state index in [9.17, 15) is 4.39 Å². The van der Waals surface area contributed by atoms with Gasteiger partial charge in [-0.3, -0.25) is 0 Å². The Morgan fingerprint density at radius 1 is 1.11 bits per heavy atom. The summed E-state index contributed by atoms with van der Waals surface area (Å²) in [6.45, 7) is 1.79. The van der Waals surface area contributed by atoms with Gasteiger partial charge in [-0.2, -0.15) is 0 Å². The predicted octanol–water partition coefficient (Wildman–Crippen LogP) is 5.58. The molecule has 0 heterocycles. The first-order valence-corrected chi connectivity index (χ1v) is 7.41. The molecule has 0 fully saturated rings. The average molecular weight is 372 g/mol. The van der Waals surface area contributed by atoms with E-state index in [0.29, 0.717) is 5.56 Å². The van der Waals surface area contributed by atoms with Crippen molar-refractivity contribution in [1.29, 1.82) is 0 Å². The van der Waals surface area contributed by atoms with E-state index in [1.807, 2.05) is 24.3 Å². The first-order chi connectivity index (χ1) is 8.56. The fourth-order valence-corrected chi connectivity index (χ4v) is 2.73. The lowest BCUT2D eigenvalue weighted by atomic mass is 10.0. The third-order valence-corrected chi connectivity index (χ3v) is 4.25. The van der Waals surface area contributed by atoms with Gasteiger partial charge >= 0.3 is 0 Å². The van der Waals surface area contributed by atoms with Crippen molar-refractivity contribution >= 4 is 31.9 Å². The maximum Gasteiger partial charge on any atom is 0.126 e. The molecular formula is C15H13Br2F. The van der Waals surface area contributed by atoms with Gasteiger partial charge in [0.2, 0.25) is 0 Å². The highest BCUT2D eigenvalue weighted by Crippen LogP contribution is 2.28. The van der Waals surface area contributed by atoms with Gasteiger partial charge in [0.25, 0.3) is 0 Å². The monoisotopic (exact) mass is 370 g/mol. The summed E-state index contributed by atoms with van der Waals surface area (Å²) in [4.78, 5) is 0.206. The SMILES string of the molecule is Cc1cc(C(Br)Cc2ccc(Br)cc2)ccc1F. The van der Waals surface area contributed by atoms with E-state index in [1.54, 1.807) is 6.92 Å². The van der Waals surface area contributed by atoms with Crippen LogP contribution in [0.25, 0.3) is 0 Å². The van der Waals surface area contributed by atoms with Crippen LogP contribution in [0.15, 0.2) is 46.9 Å². The number of alkyl halides is 1. The molecule has 0 aromatic heterocycles. The lowest BCUT2D eigenvalue weighted by Crippen LogP contribution is -1.96. The van der Waals surface area contributed by atoms with Crippen molar-refractivity contribution in [2.75, 3.05) is 0 Å². The Labute approximate surface area is 123 Å². The van der Waals surface area contributed by atoms with Crippen molar-refractivity contribution in [3.8, 4) is 0 Å². The molecule has 1 unspecified atom stereocenters. The Balaban J connectivity index is 2.13. The number of benzene rings is 2. The van der Waals surface area contributed by atoms with Crippen LogP contribution in [-0.4, -0.2) is 0 Å². The quantitative estimate of drug-likeness (QED) is 0.618. The summed E-state index contributed by atoms with van der Waals surface area (Å²) >= 11 is 7.09. The van der Waals surface area contributed by atoms with Gasteiger partial charge in [0.1, 0.15) is 5.82 Å². The molecule has 0 aliphatic rings. The number of hydrogen-bond acceptors (Lipinski definition) is 0. The van der Waals surface area contributed by atoms with E-state index in [0.717, 1.165) is 16.5 Å². The van der Waals surface area contributed by atoms with E-state index in [2.05, 4.69) is 44.0 Å². The molecule has 0 bridgehead atoms. The average Bonchev–Trinajstić information content (AvgIpc) is 2.35. The molecule has 2 aromatic carbocycles. The molecule has 0 radical (unpaired) electrons. The van der Waals surface area contributed by atoms with Crippen molar-refractivity contribution < 1.29 is 4.39 Å². The van der Waals surface area contributed by atoms with E-state index >= 15 is 0 Å². The molecule has 1 atom stereocenters. The van der Waals surface area contributed by atoms with Crippen molar-refractivity contribution in [2.24, 2.45) is 0 Å². The van der Waals surface area contributed by atoms with Crippen molar-refractivity contribution in [1.82, 2.24) is 0 Å². The fourth-order valence-electron chi connectivity index (χ4n) is 1.81. The zero-order valence-corrected chi connectivity index (χ0v) is 13.1. The van der Waals surface area contributed by atoms with Gasteiger partial charge in [0.15, 0.2) is 0 Å². The molecule has 0 amide bonds. The van der Waals surface area contributed by atoms with Crippen LogP contribution in [0, 0.1) is 12.7 Å². The number of hydrogen-bond donors (Lipinski definition) is 0. The van der Waals surface area contributed by atoms with Crippen LogP contribution in [0.1, 0.15) is 21.5 Å².